The van der Waals surface area contributed by atoms with Gasteiger partial charge in [-0.2, -0.15) is 0 Å². The van der Waals surface area contributed by atoms with Crippen molar-refractivity contribution in [2.75, 3.05) is 7.05 Å². The molecular weight excluding hydrogens is 275 g/mol. The lowest BCUT2D eigenvalue weighted by molar-refractivity contribution is 0.593. The molecule has 0 spiro atoms. The lowest BCUT2D eigenvalue weighted by atomic mass is 10.2. The van der Waals surface area contributed by atoms with Crippen molar-refractivity contribution in [3.05, 3.63) is 54.0 Å². The van der Waals surface area contributed by atoms with Gasteiger partial charge in [0.15, 0.2) is 5.65 Å². The second kappa shape index (κ2) is 5.60. The first-order chi connectivity index (χ1) is 9.79. The molecule has 102 valence electrons. The van der Waals surface area contributed by atoms with Crippen molar-refractivity contribution in [3.63, 3.8) is 0 Å². The maximum absolute atomic E-state index is 14.1. The Morgan fingerprint density at radius 2 is 2.10 bits per heavy atom. The van der Waals surface area contributed by atoms with E-state index >= 15 is 0 Å². The molecule has 0 unspecified atom stereocenters. The first-order valence-corrected chi connectivity index (χ1v) is 7.01. The average molecular weight is 288 g/mol. The predicted octanol–water partition coefficient (Wildman–Crippen LogP) is 2.74. The molecule has 2 heterocycles. The number of rotatable bonds is 4. The van der Waals surface area contributed by atoms with Crippen molar-refractivity contribution in [1.29, 1.82) is 0 Å². The number of fused-ring (bicyclic) bond motifs is 1. The SMILES string of the molecule is CNCc1cccc(F)c1Sc1nnc2ccccn12. The van der Waals surface area contributed by atoms with Gasteiger partial charge in [0.05, 0.1) is 4.90 Å². The standard InChI is InChI=1S/C14H13FN4S/c1-16-9-10-5-4-6-11(15)13(10)20-14-18-17-12-7-2-3-8-19(12)14/h2-8,16H,9H2,1H3. The van der Waals surface area contributed by atoms with Crippen LogP contribution in [-0.2, 0) is 6.54 Å². The third kappa shape index (κ3) is 2.39. The van der Waals surface area contributed by atoms with Crippen LogP contribution < -0.4 is 5.32 Å². The number of halogens is 1. The van der Waals surface area contributed by atoms with Crippen LogP contribution in [0, 0.1) is 5.82 Å². The van der Waals surface area contributed by atoms with E-state index in [0.29, 0.717) is 16.6 Å². The van der Waals surface area contributed by atoms with Crippen LogP contribution in [0.5, 0.6) is 0 Å². The van der Waals surface area contributed by atoms with Crippen LogP contribution in [0.3, 0.4) is 0 Å². The van der Waals surface area contributed by atoms with E-state index in [-0.39, 0.29) is 5.82 Å². The molecule has 3 aromatic rings. The van der Waals surface area contributed by atoms with Crippen LogP contribution in [0.25, 0.3) is 5.65 Å². The highest BCUT2D eigenvalue weighted by atomic mass is 32.2. The van der Waals surface area contributed by atoms with Gasteiger partial charge in [0, 0.05) is 12.7 Å². The van der Waals surface area contributed by atoms with E-state index in [0.717, 1.165) is 11.2 Å². The van der Waals surface area contributed by atoms with Gasteiger partial charge in [0.25, 0.3) is 0 Å². The summed E-state index contributed by atoms with van der Waals surface area (Å²) in [7, 11) is 1.84. The monoisotopic (exact) mass is 288 g/mol. The zero-order valence-corrected chi connectivity index (χ0v) is 11.7. The summed E-state index contributed by atoms with van der Waals surface area (Å²) in [5, 5.41) is 11.9. The fraction of sp³-hybridized carbons (Fsp3) is 0.143. The maximum Gasteiger partial charge on any atom is 0.200 e. The molecule has 6 heteroatoms. The first kappa shape index (κ1) is 13.1. The van der Waals surface area contributed by atoms with Gasteiger partial charge in [-0.05, 0) is 42.6 Å². The van der Waals surface area contributed by atoms with Crippen LogP contribution in [0.1, 0.15) is 5.56 Å². The Labute approximate surface area is 120 Å². The zero-order valence-electron chi connectivity index (χ0n) is 10.9. The topological polar surface area (TPSA) is 42.2 Å². The van der Waals surface area contributed by atoms with Gasteiger partial charge < -0.3 is 5.32 Å². The number of pyridine rings is 1. The highest BCUT2D eigenvalue weighted by molar-refractivity contribution is 7.99. The molecule has 20 heavy (non-hydrogen) atoms. The molecule has 0 radical (unpaired) electrons. The molecule has 0 fully saturated rings. The number of benzene rings is 1. The Bertz CT molecular complexity index is 741. The van der Waals surface area contributed by atoms with Crippen LogP contribution in [0.4, 0.5) is 4.39 Å². The van der Waals surface area contributed by atoms with Gasteiger partial charge in [-0.3, -0.25) is 4.40 Å². The lowest BCUT2D eigenvalue weighted by Gasteiger charge is -2.08. The van der Waals surface area contributed by atoms with Gasteiger partial charge in [0.2, 0.25) is 5.16 Å². The molecule has 0 atom stereocenters. The number of nitrogens with zero attached hydrogens (tertiary/aromatic N) is 3. The van der Waals surface area contributed by atoms with E-state index in [1.165, 1.54) is 17.8 Å². The molecule has 0 amide bonds. The minimum atomic E-state index is -0.240. The fourth-order valence-corrected chi connectivity index (χ4v) is 2.93. The van der Waals surface area contributed by atoms with E-state index in [1.807, 2.05) is 41.9 Å². The smallest absolute Gasteiger partial charge is 0.200 e. The number of hydrogen-bond acceptors (Lipinski definition) is 4. The Balaban J connectivity index is 2.02. The summed E-state index contributed by atoms with van der Waals surface area (Å²) in [4.78, 5) is 0.583. The zero-order chi connectivity index (χ0) is 13.9. The van der Waals surface area contributed by atoms with Gasteiger partial charge in [-0.15, -0.1) is 10.2 Å². The summed E-state index contributed by atoms with van der Waals surface area (Å²) in [5.74, 6) is -0.240. The summed E-state index contributed by atoms with van der Waals surface area (Å²) in [6.07, 6.45) is 1.87. The third-order valence-corrected chi connectivity index (χ3v) is 4.01. The predicted molar refractivity (Wildman–Crippen MR) is 76.3 cm³/mol. The lowest BCUT2D eigenvalue weighted by Crippen LogP contribution is -2.07. The number of aromatic nitrogens is 3. The highest BCUT2D eigenvalue weighted by Gasteiger charge is 2.13. The van der Waals surface area contributed by atoms with Gasteiger partial charge in [0.1, 0.15) is 5.82 Å². The van der Waals surface area contributed by atoms with Crippen LogP contribution >= 0.6 is 11.8 Å². The van der Waals surface area contributed by atoms with Crippen LogP contribution in [0.15, 0.2) is 52.6 Å². The molecule has 0 aliphatic carbocycles. The molecule has 0 saturated heterocycles. The molecule has 1 aromatic carbocycles. The summed E-state index contributed by atoms with van der Waals surface area (Å²) in [5.41, 5.74) is 1.66. The summed E-state index contributed by atoms with van der Waals surface area (Å²) >= 11 is 1.29. The molecule has 0 saturated carbocycles. The van der Waals surface area contributed by atoms with E-state index in [4.69, 9.17) is 0 Å². The molecule has 0 aliphatic heterocycles. The van der Waals surface area contributed by atoms with Gasteiger partial charge in [-0.25, -0.2) is 4.39 Å². The fourth-order valence-electron chi connectivity index (χ4n) is 1.98. The van der Waals surface area contributed by atoms with Gasteiger partial charge >= 0.3 is 0 Å². The van der Waals surface area contributed by atoms with E-state index < -0.39 is 0 Å². The Hall–Kier alpha value is -1.92. The third-order valence-electron chi connectivity index (χ3n) is 2.89. The Morgan fingerprint density at radius 3 is 2.95 bits per heavy atom. The molecule has 2 aromatic heterocycles. The molecule has 0 aliphatic rings. The highest BCUT2D eigenvalue weighted by Crippen LogP contribution is 2.31. The van der Waals surface area contributed by atoms with Gasteiger partial charge in [-0.1, -0.05) is 18.2 Å². The van der Waals surface area contributed by atoms with Crippen molar-refractivity contribution in [2.45, 2.75) is 16.6 Å². The number of hydrogen-bond donors (Lipinski definition) is 1. The normalized spacial score (nSPS) is 11.1. The summed E-state index contributed by atoms with van der Waals surface area (Å²) in [6.45, 7) is 0.608. The van der Waals surface area contributed by atoms with Crippen molar-refractivity contribution >= 4 is 17.4 Å². The molecule has 4 nitrogen and oxygen atoms in total. The quantitative estimate of drug-likeness (QED) is 0.801. The second-order valence-electron chi connectivity index (χ2n) is 4.27. The van der Waals surface area contributed by atoms with Crippen LogP contribution in [-0.4, -0.2) is 21.6 Å². The van der Waals surface area contributed by atoms with Crippen molar-refractivity contribution < 1.29 is 4.39 Å². The summed E-state index contributed by atoms with van der Waals surface area (Å²) in [6, 6.07) is 10.8. The maximum atomic E-state index is 14.1. The summed E-state index contributed by atoms with van der Waals surface area (Å²) < 4.78 is 15.9. The Kier molecular flexibility index (Phi) is 3.66. The van der Waals surface area contributed by atoms with E-state index in [1.54, 1.807) is 6.07 Å². The minimum absolute atomic E-state index is 0.240. The van der Waals surface area contributed by atoms with Crippen molar-refractivity contribution in [3.8, 4) is 0 Å². The second-order valence-corrected chi connectivity index (χ2v) is 5.25. The number of nitrogens with one attached hydrogen (secondary N) is 1. The van der Waals surface area contributed by atoms with E-state index in [2.05, 4.69) is 15.5 Å². The largest absolute Gasteiger partial charge is 0.316 e. The molecule has 3 rings (SSSR count). The van der Waals surface area contributed by atoms with Crippen molar-refractivity contribution in [2.24, 2.45) is 0 Å². The van der Waals surface area contributed by atoms with Crippen molar-refractivity contribution in [1.82, 2.24) is 19.9 Å². The first-order valence-electron chi connectivity index (χ1n) is 6.19. The molecular formula is C14H13FN4S. The molecule has 1 N–H and O–H groups in total. The Morgan fingerprint density at radius 1 is 1.20 bits per heavy atom. The average Bonchev–Trinajstić information content (AvgIpc) is 2.86. The van der Waals surface area contributed by atoms with Crippen LogP contribution in [0.2, 0.25) is 0 Å². The minimum Gasteiger partial charge on any atom is -0.316 e. The van der Waals surface area contributed by atoms with E-state index in [9.17, 15) is 4.39 Å². The molecule has 0 bridgehead atoms.